The molecule has 0 aromatic heterocycles. The van der Waals surface area contributed by atoms with Gasteiger partial charge in [0.15, 0.2) is 0 Å². The third kappa shape index (κ3) is 4.37. The number of para-hydroxylation sites is 1. The van der Waals surface area contributed by atoms with Gasteiger partial charge in [-0.3, -0.25) is 9.59 Å². The molecule has 7 heteroatoms. The van der Waals surface area contributed by atoms with E-state index in [2.05, 4.69) is 5.32 Å². The number of rotatable bonds is 5. The predicted octanol–water partition coefficient (Wildman–Crippen LogP) is 2.91. The van der Waals surface area contributed by atoms with Crippen molar-refractivity contribution in [1.29, 1.82) is 0 Å². The number of nitrogens with zero attached hydrogens (tertiary/aromatic N) is 1. The molecule has 1 aromatic carbocycles. The first-order valence-corrected chi connectivity index (χ1v) is 8.47. The second kappa shape index (κ2) is 7.99. The van der Waals surface area contributed by atoms with Crippen LogP contribution in [0.15, 0.2) is 18.2 Å². The highest BCUT2D eigenvalue weighted by Crippen LogP contribution is 2.30. The highest BCUT2D eigenvalue weighted by atomic mass is 35.5. The average Bonchev–Trinajstić information content (AvgIpc) is 2.94. The molecule has 2 rings (SSSR count). The van der Waals surface area contributed by atoms with Gasteiger partial charge in [-0.2, -0.15) is 0 Å². The van der Waals surface area contributed by atoms with Crippen LogP contribution in [0.5, 0.6) is 0 Å². The summed E-state index contributed by atoms with van der Waals surface area (Å²) < 4.78 is 0. The molecule has 2 amide bonds. The van der Waals surface area contributed by atoms with Crippen molar-refractivity contribution in [1.82, 2.24) is 4.90 Å². The Morgan fingerprint density at radius 3 is 2.48 bits per heavy atom. The van der Waals surface area contributed by atoms with Crippen molar-refractivity contribution < 1.29 is 9.59 Å². The van der Waals surface area contributed by atoms with E-state index in [4.69, 9.17) is 28.9 Å². The average molecular weight is 358 g/mol. The van der Waals surface area contributed by atoms with E-state index in [0.29, 0.717) is 22.3 Å². The first-order chi connectivity index (χ1) is 10.9. The molecular formula is C16H21Cl2N3O2. The molecule has 1 fully saturated rings. The lowest BCUT2D eigenvalue weighted by Gasteiger charge is -2.25. The molecule has 0 aliphatic heterocycles. The number of nitrogens with one attached hydrogen (secondary N) is 1. The Labute approximate surface area is 146 Å². The fourth-order valence-electron chi connectivity index (χ4n) is 2.84. The van der Waals surface area contributed by atoms with Gasteiger partial charge in [0.25, 0.3) is 0 Å². The number of carbonyl (C=O) groups is 2. The molecule has 5 nitrogen and oxygen atoms in total. The van der Waals surface area contributed by atoms with Crippen LogP contribution >= 0.6 is 23.2 Å². The minimum absolute atomic E-state index is 0.0416. The molecule has 1 aromatic rings. The molecule has 1 saturated carbocycles. The Morgan fingerprint density at radius 1 is 1.30 bits per heavy atom. The van der Waals surface area contributed by atoms with E-state index in [0.717, 1.165) is 19.3 Å². The van der Waals surface area contributed by atoms with E-state index in [9.17, 15) is 9.59 Å². The molecule has 126 valence electrons. The number of benzene rings is 1. The van der Waals surface area contributed by atoms with Crippen LogP contribution in [0.1, 0.15) is 26.2 Å². The maximum absolute atomic E-state index is 12.5. The van der Waals surface area contributed by atoms with Crippen molar-refractivity contribution in [2.45, 2.75) is 32.2 Å². The summed E-state index contributed by atoms with van der Waals surface area (Å²) in [7, 11) is 0. The second-order valence-corrected chi connectivity index (χ2v) is 6.51. The van der Waals surface area contributed by atoms with Gasteiger partial charge < -0.3 is 16.0 Å². The second-order valence-electron chi connectivity index (χ2n) is 5.70. The molecule has 0 bridgehead atoms. The van der Waals surface area contributed by atoms with Crippen LogP contribution in [0, 0.1) is 5.92 Å². The van der Waals surface area contributed by atoms with Gasteiger partial charge in [0.1, 0.15) is 0 Å². The smallest absolute Gasteiger partial charge is 0.244 e. The van der Waals surface area contributed by atoms with Crippen molar-refractivity contribution in [3.8, 4) is 0 Å². The van der Waals surface area contributed by atoms with Crippen LogP contribution in [0.3, 0.4) is 0 Å². The van der Waals surface area contributed by atoms with Crippen molar-refractivity contribution in [2.75, 3.05) is 18.4 Å². The Kier molecular flexibility index (Phi) is 6.27. The minimum atomic E-state index is -0.332. The summed E-state index contributed by atoms with van der Waals surface area (Å²) >= 11 is 12.1. The number of hydrogen-bond acceptors (Lipinski definition) is 3. The third-order valence-corrected chi connectivity index (χ3v) is 4.77. The topological polar surface area (TPSA) is 75.4 Å². The predicted molar refractivity (Wildman–Crippen MR) is 92.7 cm³/mol. The maximum Gasteiger partial charge on any atom is 0.244 e. The summed E-state index contributed by atoms with van der Waals surface area (Å²) in [4.78, 5) is 26.3. The summed E-state index contributed by atoms with van der Waals surface area (Å²) in [5.74, 6) is -0.577. The monoisotopic (exact) mass is 357 g/mol. The fraction of sp³-hybridized carbons (Fsp3) is 0.500. The zero-order valence-electron chi connectivity index (χ0n) is 13.0. The molecule has 1 aliphatic rings. The van der Waals surface area contributed by atoms with Gasteiger partial charge in [-0.1, -0.05) is 35.7 Å². The van der Waals surface area contributed by atoms with Crippen LogP contribution in [-0.4, -0.2) is 35.8 Å². The van der Waals surface area contributed by atoms with Gasteiger partial charge in [0.2, 0.25) is 11.8 Å². The summed E-state index contributed by atoms with van der Waals surface area (Å²) in [5, 5.41) is 3.39. The Balaban J connectivity index is 2.01. The first kappa shape index (κ1) is 18.0. The molecule has 0 heterocycles. The van der Waals surface area contributed by atoms with Gasteiger partial charge in [-0.25, -0.2) is 0 Å². The van der Waals surface area contributed by atoms with Crippen molar-refractivity contribution >= 4 is 40.7 Å². The van der Waals surface area contributed by atoms with Crippen LogP contribution in [0.25, 0.3) is 0 Å². The van der Waals surface area contributed by atoms with E-state index in [1.54, 1.807) is 18.2 Å². The minimum Gasteiger partial charge on any atom is -0.333 e. The first-order valence-electron chi connectivity index (χ1n) is 7.72. The van der Waals surface area contributed by atoms with E-state index < -0.39 is 0 Å². The standard InChI is InChI=1S/C16H21Cl2N3O2/c1-2-21(16(23)10-5-3-8-13(10)19)9-14(22)20-15-11(17)6-4-7-12(15)18/h4,6-7,10,13H,2-3,5,8-9,19H2,1H3,(H,20,22). The number of carbonyl (C=O) groups excluding carboxylic acids is 2. The van der Waals surface area contributed by atoms with Gasteiger partial charge >= 0.3 is 0 Å². The SMILES string of the molecule is CCN(CC(=O)Nc1c(Cl)cccc1Cl)C(=O)C1CCCC1N. The molecular weight excluding hydrogens is 337 g/mol. The van der Waals surface area contributed by atoms with E-state index in [1.165, 1.54) is 4.90 Å². The molecule has 0 radical (unpaired) electrons. The number of nitrogens with two attached hydrogens (primary N) is 1. The number of amides is 2. The summed E-state index contributed by atoms with van der Waals surface area (Å²) in [6, 6.07) is 4.87. The normalized spacial score (nSPS) is 20.3. The largest absolute Gasteiger partial charge is 0.333 e. The summed E-state index contributed by atoms with van der Waals surface area (Å²) in [5.41, 5.74) is 6.35. The van der Waals surface area contributed by atoms with E-state index in [-0.39, 0.29) is 30.3 Å². The molecule has 0 spiro atoms. The lowest BCUT2D eigenvalue weighted by molar-refractivity contribution is -0.138. The fourth-order valence-corrected chi connectivity index (χ4v) is 3.34. The van der Waals surface area contributed by atoms with Crippen molar-refractivity contribution in [2.24, 2.45) is 11.7 Å². The summed E-state index contributed by atoms with van der Waals surface area (Å²) in [6.07, 6.45) is 2.60. The lowest BCUT2D eigenvalue weighted by Crippen LogP contribution is -2.44. The van der Waals surface area contributed by atoms with Crippen LogP contribution in [0.4, 0.5) is 5.69 Å². The lowest BCUT2D eigenvalue weighted by atomic mass is 10.0. The summed E-state index contributed by atoms with van der Waals surface area (Å²) in [6.45, 7) is 2.25. The Hall–Kier alpha value is -1.30. The number of halogens is 2. The number of hydrogen-bond donors (Lipinski definition) is 2. The van der Waals surface area contributed by atoms with E-state index in [1.807, 2.05) is 6.92 Å². The maximum atomic E-state index is 12.5. The van der Waals surface area contributed by atoms with Crippen LogP contribution in [0.2, 0.25) is 10.0 Å². The molecule has 2 unspecified atom stereocenters. The third-order valence-electron chi connectivity index (χ3n) is 4.14. The number of likely N-dealkylation sites (N-methyl/N-ethyl adjacent to an activating group) is 1. The Bertz CT molecular complexity index is 574. The molecule has 1 aliphatic carbocycles. The van der Waals surface area contributed by atoms with Gasteiger partial charge in [0, 0.05) is 12.6 Å². The molecule has 23 heavy (non-hydrogen) atoms. The Morgan fingerprint density at radius 2 is 1.96 bits per heavy atom. The van der Waals surface area contributed by atoms with Crippen molar-refractivity contribution in [3.63, 3.8) is 0 Å². The zero-order valence-corrected chi connectivity index (χ0v) is 14.5. The quantitative estimate of drug-likeness (QED) is 0.850. The molecule has 3 N–H and O–H groups in total. The highest BCUT2D eigenvalue weighted by molar-refractivity contribution is 6.39. The van der Waals surface area contributed by atoms with E-state index >= 15 is 0 Å². The number of anilines is 1. The molecule has 0 saturated heterocycles. The van der Waals surface area contributed by atoms with Crippen molar-refractivity contribution in [3.05, 3.63) is 28.2 Å². The van der Waals surface area contributed by atoms with Crippen LogP contribution < -0.4 is 11.1 Å². The molecule has 2 atom stereocenters. The van der Waals surface area contributed by atoms with Gasteiger partial charge in [-0.15, -0.1) is 0 Å². The van der Waals surface area contributed by atoms with Crippen LogP contribution in [-0.2, 0) is 9.59 Å². The van der Waals surface area contributed by atoms with Gasteiger partial charge in [0.05, 0.1) is 28.2 Å². The highest BCUT2D eigenvalue weighted by Gasteiger charge is 2.33. The zero-order chi connectivity index (χ0) is 17.0. The van der Waals surface area contributed by atoms with Gasteiger partial charge in [-0.05, 0) is 31.9 Å².